The molecule has 0 radical (unpaired) electrons. The van der Waals surface area contributed by atoms with E-state index in [-0.39, 0.29) is 0 Å². The molecule has 1 N–H and O–H groups in total. The van der Waals surface area contributed by atoms with Gasteiger partial charge in [-0.1, -0.05) is 13.8 Å². The van der Waals surface area contributed by atoms with Gasteiger partial charge in [-0.3, -0.25) is 4.68 Å². The van der Waals surface area contributed by atoms with Crippen molar-refractivity contribution in [2.45, 2.75) is 59.5 Å². The van der Waals surface area contributed by atoms with Crippen LogP contribution in [0.3, 0.4) is 0 Å². The number of hydrogen-bond acceptors (Lipinski definition) is 2. The lowest BCUT2D eigenvalue weighted by Gasteiger charge is -2.18. The summed E-state index contributed by atoms with van der Waals surface area (Å²) < 4.78 is 3.30. The van der Waals surface area contributed by atoms with Gasteiger partial charge in [0, 0.05) is 12.6 Å². The maximum Gasteiger partial charge on any atom is 0.0738 e. The summed E-state index contributed by atoms with van der Waals surface area (Å²) in [5.41, 5.74) is 2.43. The highest BCUT2D eigenvalue weighted by Gasteiger charge is 2.15. The molecule has 1 aromatic rings. The van der Waals surface area contributed by atoms with Crippen LogP contribution in [-0.4, -0.2) is 22.9 Å². The summed E-state index contributed by atoms with van der Waals surface area (Å²) in [5.74, 6) is 0.740. The molecule has 18 heavy (non-hydrogen) atoms. The molecule has 4 heteroatoms. The van der Waals surface area contributed by atoms with Crippen LogP contribution in [0.25, 0.3) is 0 Å². The number of halogens is 1. The van der Waals surface area contributed by atoms with Gasteiger partial charge in [-0.15, -0.1) is 0 Å². The number of nitrogens with zero attached hydrogens (tertiary/aromatic N) is 2. The Morgan fingerprint density at radius 2 is 2.06 bits per heavy atom. The van der Waals surface area contributed by atoms with Crippen LogP contribution >= 0.6 is 15.9 Å². The van der Waals surface area contributed by atoms with E-state index in [1.54, 1.807) is 0 Å². The van der Waals surface area contributed by atoms with Gasteiger partial charge in [0.05, 0.1) is 15.9 Å². The molecule has 0 bridgehead atoms. The number of rotatable bonds is 7. The Morgan fingerprint density at radius 3 is 2.56 bits per heavy atom. The molecule has 0 saturated carbocycles. The van der Waals surface area contributed by atoms with E-state index in [9.17, 15) is 0 Å². The quantitative estimate of drug-likeness (QED) is 0.834. The first-order chi connectivity index (χ1) is 8.49. The second-order valence-corrected chi connectivity index (χ2v) is 6.11. The van der Waals surface area contributed by atoms with Crippen molar-refractivity contribution in [3.8, 4) is 0 Å². The maximum absolute atomic E-state index is 4.54. The van der Waals surface area contributed by atoms with Crippen LogP contribution in [-0.2, 0) is 13.0 Å². The minimum Gasteiger partial charge on any atom is -0.317 e. The number of aromatic nitrogens is 2. The third-order valence-corrected chi connectivity index (χ3v) is 4.38. The summed E-state index contributed by atoms with van der Waals surface area (Å²) in [7, 11) is 2.06. The second-order valence-electron chi connectivity index (χ2n) is 5.32. The van der Waals surface area contributed by atoms with Crippen molar-refractivity contribution >= 4 is 15.9 Å². The molecule has 1 unspecified atom stereocenters. The predicted molar refractivity (Wildman–Crippen MR) is 81.0 cm³/mol. The van der Waals surface area contributed by atoms with Crippen LogP contribution in [0, 0.1) is 12.8 Å². The van der Waals surface area contributed by atoms with Gasteiger partial charge in [0.15, 0.2) is 0 Å². The Hall–Kier alpha value is -0.350. The van der Waals surface area contributed by atoms with Gasteiger partial charge >= 0.3 is 0 Å². The molecular weight excluding hydrogens is 290 g/mol. The summed E-state index contributed by atoms with van der Waals surface area (Å²) >= 11 is 3.66. The topological polar surface area (TPSA) is 29.9 Å². The third-order valence-electron chi connectivity index (χ3n) is 3.35. The van der Waals surface area contributed by atoms with E-state index in [4.69, 9.17) is 0 Å². The summed E-state index contributed by atoms with van der Waals surface area (Å²) in [6.45, 7) is 9.70. The number of nitrogens with one attached hydrogen (secondary N) is 1. The molecule has 0 aliphatic rings. The van der Waals surface area contributed by atoms with E-state index in [1.807, 2.05) is 0 Å². The van der Waals surface area contributed by atoms with E-state index in [0.29, 0.717) is 6.04 Å². The first kappa shape index (κ1) is 15.7. The van der Waals surface area contributed by atoms with Gasteiger partial charge in [-0.25, -0.2) is 0 Å². The summed E-state index contributed by atoms with van der Waals surface area (Å²) in [4.78, 5) is 0. The average molecular weight is 316 g/mol. The largest absolute Gasteiger partial charge is 0.317 e. The predicted octanol–water partition coefficient (Wildman–Crippen LogP) is 3.54. The van der Waals surface area contributed by atoms with Crippen molar-refractivity contribution < 1.29 is 0 Å². The molecule has 0 spiro atoms. The second kappa shape index (κ2) is 7.29. The fraction of sp³-hybridized carbons (Fsp3) is 0.786. The maximum atomic E-state index is 4.54. The Labute approximate surface area is 119 Å². The molecule has 104 valence electrons. The summed E-state index contributed by atoms with van der Waals surface area (Å²) in [6, 6.07) is 0.595. The highest BCUT2D eigenvalue weighted by molar-refractivity contribution is 9.10. The molecule has 0 aromatic carbocycles. The molecular formula is C14H26BrN3. The minimum atomic E-state index is 0.595. The van der Waals surface area contributed by atoms with Crippen LogP contribution in [0.4, 0.5) is 0 Å². The van der Waals surface area contributed by atoms with Gasteiger partial charge in [0.25, 0.3) is 0 Å². The van der Waals surface area contributed by atoms with Crippen molar-refractivity contribution in [1.82, 2.24) is 15.1 Å². The molecule has 0 aliphatic heterocycles. The van der Waals surface area contributed by atoms with E-state index in [2.05, 4.69) is 65.8 Å². The zero-order valence-electron chi connectivity index (χ0n) is 12.3. The number of hydrogen-bond donors (Lipinski definition) is 1. The van der Waals surface area contributed by atoms with Crippen molar-refractivity contribution in [3.05, 3.63) is 15.9 Å². The van der Waals surface area contributed by atoms with Crippen molar-refractivity contribution in [3.63, 3.8) is 0 Å². The molecule has 0 saturated heterocycles. The Kier molecular flexibility index (Phi) is 6.36. The fourth-order valence-electron chi connectivity index (χ4n) is 2.37. The standard InChI is InChI=1S/C14H26BrN3/c1-6-18-13(14(15)11(4)17-18)8-7-12(16-5)9-10(2)3/h10,12,16H,6-9H2,1-5H3. The first-order valence-electron chi connectivity index (χ1n) is 6.88. The molecule has 0 amide bonds. The van der Waals surface area contributed by atoms with Crippen LogP contribution in [0.1, 0.15) is 45.0 Å². The fourth-order valence-corrected chi connectivity index (χ4v) is 2.85. The number of aryl methyl sites for hydroxylation is 2. The Bertz CT molecular complexity index is 371. The minimum absolute atomic E-state index is 0.595. The van der Waals surface area contributed by atoms with Gasteiger partial charge in [-0.05, 0) is 62.0 Å². The van der Waals surface area contributed by atoms with Crippen LogP contribution < -0.4 is 5.32 Å². The molecule has 1 rings (SSSR count). The van der Waals surface area contributed by atoms with E-state index in [1.165, 1.54) is 23.0 Å². The van der Waals surface area contributed by atoms with Crippen LogP contribution in [0.15, 0.2) is 4.47 Å². The highest BCUT2D eigenvalue weighted by Crippen LogP contribution is 2.23. The van der Waals surface area contributed by atoms with E-state index in [0.717, 1.165) is 24.6 Å². The van der Waals surface area contributed by atoms with E-state index >= 15 is 0 Å². The lowest BCUT2D eigenvalue weighted by Crippen LogP contribution is -2.27. The average Bonchev–Trinajstić information content (AvgIpc) is 2.60. The third kappa shape index (κ3) is 4.09. The summed E-state index contributed by atoms with van der Waals surface area (Å²) in [5, 5.41) is 7.97. The molecule has 0 aliphatic carbocycles. The van der Waals surface area contributed by atoms with Gasteiger partial charge in [-0.2, -0.15) is 5.10 Å². The molecule has 0 fully saturated rings. The van der Waals surface area contributed by atoms with Gasteiger partial charge in [0.1, 0.15) is 0 Å². The monoisotopic (exact) mass is 315 g/mol. The normalized spacial score (nSPS) is 13.3. The molecule has 1 aromatic heterocycles. The van der Waals surface area contributed by atoms with Crippen molar-refractivity contribution in [2.75, 3.05) is 7.05 Å². The SMILES string of the molecule is CCn1nc(C)c(Br)c1CCC(CC(C)C)NC. The lowest BCUT2D eigenvalue weighted by molar-refractivity contribution is 0.417. The lowest BCUT2D eigenvalue weighted by atomic mass is 9.99. The van der Waals surface area contributed by atoms with Gasteiger partial charge in [0.2, 0.25) is 0 Å². The first-order valence-corrected chi connectivity index (χ1v) is 7.67. The Balaban J connectivity index is 2.67. The molecule has 1 heterocycles. The molecule has 3 nitrogen and oxygen atoms in total. The smallest absolute Gasteiger partial charge is 0.0738 e. The highest BCUT2D eigenvalue weighted by atomic mass is 79.9. The zero-order valence-corrected chi connectivity index (χ0v) is 13.8. The Morgan fingerprint density at radius 1 is 1.39 bits per heavy atom. The zero-order chi connectivity index (χ0) is 13.7. The van der Waals surface area contributed by atoms with Gasteiger partial charge < -0.3 is 5.32 Å². The van der Waals surface area contributed by atoms with Crippen LogP contribution in [0.2, 0.25) is 0 Å². The molecule has 1 atom stereocenters. The van der Waals surface area contributed by atoms with Crippen molar-refractivity contribution in [1.29, 1.82) is 0 Å². The van der Waals surface area contributed by atoms with Crippen molar-refractivity contribution in [2.24, 2.45) is 5.92 Å². The summed E-state index contributed by atoms with van der Waals surface area (Å²) in [6.07, 6.45) is 3.47. The van der Waals surface area contributed by atoms with E-state index < -0.39 is 0 Å². The van der Waals surface area contributed by atoms with Crippen LogP contribution in [0.5, 0.6) is 0 Å².